The van der Waals surface area contributed by atoms with Gasteiger partial charge < -0.3 is 9.64 Å². The molecule has 0 unspecified atom stereocenters. The minimum Gasteiger partial charge on any atom is -0.464 e. The third kappa shape index (κ3) is 4.85. The van der Waals surface area contributed by atoms with Gasteiger partial charge in [0.15, 0.2) is 5.69 Å². The van der Waals surface area contributed by atoms with Gasteiger partial charge in [-0.15, -0.1) is 0 Å². The van der Waals surface area contributed by atoms with Crippen LogP contribution in [0.4, 0.5) is 5.82 Å². The second-order valence-corrected chi connectivity index (χ2v) is 5.45. The van der Waals surface area contributed by atoms with Crippen LogP contribution < -0.4 is 4.90 Å². The van der Waals surface area contributed by atoms with Gasteiger partial charge in [-0.05, 0) is 11.8 Å². The quantitative estimate of drug-likeness (QED) is 0.739. The van der Waals surface area contributed by atoms with E-state index in [1.54, 1.807) is 6.20 Å². The summed E-state index contributed by atoms with van der Waals surface area (Å²) in [5.41, 5.74) is 0.248. The molecule has 0 aliphatic heterocycles. The van der Waals surface area contributed by atoms with Gasteiger partial charge in [-0.25, -0.2) is 9.78 Å². The summed E-state index contributed by atoms with van der Waals surface area (Å²) >= 11 is 0. The van der Waals surface area contributed by atoms with Gasteiger partial charge in [0.2, 0.25) is 0 Å². The van der Waals surface area contributed by atoms with Crippen molar-refractivity contribution in [1.82, 2.24) is 9.97 Å². The van der Waals surface area contributed by atoms with Crippen molar-refractivity contribution >= 4 is 11.8 Å². The fourth-order valence-electron chi connectivity index (χ4n) is 1.85. The first-order chi connectivity index (χ1) is 8.93. The van der Waals surface area contributed by atoms with Crippen molar-refractivity contribution in [1.29, 1.82) is 0 Å². The molecule has 0 amide bonds. The first-order valence-corrected chi connectivity index (χ1v) is 6.59. The molecule has 1 rings (SSSR count). The maximum Gasteiger partial charge on any atom is 0.358 e. The number of carbonyl (C=O) groups is 1. The molecular weight excluding hydrogens is 242 g/mol. The molecule has 0 N–H and O–H groups in total. The highest BCUT2D eigenvalue weighted by Crippen LogP contribution is 2.14. The summed E-state index contributed by atoms with van der Waals surface area (Å²) in [4.78, 5) is 22.1. The van der Waals surface area contributed by atoms with Gasteiger partial charge in [-0.3, -0.25) is 4.98 Å². The second-order valence-electron chi connectivity index (χ2n) is 5.45. The van der Waals surface area contributed by atoms with Crippen LogP contribution in [0.2, 0.25) is 0 Å². The third-order valence-electron chi connectivity index (χ3n) is 2.51. The summed E-state index contributed by atoms with van der Waals surface area (Å²) in [7, 11) is 1.34. The highest BCUT2D eigenvalue weighted by molar-refractivity contribution is 5.87. The topological polar surface area (TPSA) is 55.3 Å². The Hall–Kier alpha value is -1.65. The number of aromatic nitrogens is 2. The molecule has 1 aromatic heterocycles. The van der Waals surface area contributed by atoms with Crippen LogP contribution in [0.15, 0.2) is 12.4 Å². The maximum absolute atomic E-state index is 11.5. The van der Waals surface area contributed by atoms with Gasteiger partial charge in [0, 0.05) is 13.1 Å². The number of esters is 1. The van der Waals surface area contributed by atoms with Gasteiger partial charge in [-0.2, -0.15) is 0 Å². The Kier molecular flexibility index (Phi) is 5.73. The van der Waals surface area contributed by atoms with E-state index in [2.05, 4.69) is 47.3 Å². The van der Waals surface area contributed by atoms with E-state index in [1.807, 2.05) is 0 Å². The van der Waals surface area contributed by atoms with E-state index in [0.717, 1.165) is 18.9 Å². The summed E-state index contributed by atoms with van der Waals surface area (Å²) in [6, 6.07) is 0. The molecule has 106 valence electrons. The van der Waals surface area contributed by atoms with Crippen molar-refractivity contribution in [3.05, 3.63) is 18.1 Å². The molecule has 0 aliphatic rings. The minimum absolute atomic E-state index is 0.248. The average molecular weight is 265 g/mol. The number of carbonyl (C=O) groups excluding carboxylic acids is 1. The van der Waals surface area contributed by atoms with Crippen molar-refractivity contribution in [2.24, 2.45) is 11.8 Å². The summed E-state index contributed by atoms with van der Waals surface area (Å²) in [6.07, 6.45) is 3.12. The summed E-state index contributed by atoms with van der Waals surface area (Å²) in [6.45, 7) is 10.4. The van der Waals surface area contributed by atoms with E-state index in [4.69, 9.17) is 0 Å². The third-order valence-corrected chi connectivity index (χ3v) is 2.51. The number of anilines is 1. The lowest BCUT2D eigenvalue weighted by molar-refractivity contribution is 0.0593. The smallest absolute Gasteiger partial charge is 0.358 e. The van der Waals surface area contributed by atoms with Crippen LogP contribution in [0.25, 0.3) is 0 Å². The van der Waals surface area contributed by atoms with Gasteiger partial charge in [0.25, 0.3) is 0 Å². The van der Waals surface area contributed by atoms with E-state index < -0.39 is 5.97 Å². The second kappa shape index (κ2) is 7.07. The predicted molar refractivity (Wildman–Crippen MR) is 75.3 cm³/mol. The first-order valence-electron chi connectivity index (χ1n) is 6.59. The predicted octanol–water partition coefficient (Wildman–Crippen LogP) is 2.38. The molecule has 0 fully saturated rings. The minimum atomic E-state index is -0.455. The largest absolute Gasteiger partial charge is 0.464 e. The zero-order chi connectivity index (χ0) is 14.4. The fourth-order valence-corrected chi connectivity index (χ4v) is 1.85. The number of ether oxygens (including phenoxy) is 1. The van der Waals surface area contributed by atoms with E-state index in [0.29, 0.717) is 11.8 Å². The molecule has 0 saturated carbocycles. The van der Waals surface area contributed by atoms with Crippen LogP contribution in [-0.4, -0.2) is 36.1 Å². The van der Waals surface area contributed by atoms with E-state index in [1.165, 1.54) is 13.3 Å². The Morgan fingerprint density at radius 2 is 1.79 bits per heavy atom. The van der Waals surface area contributed by atoms with Crippen molar-refractivity contribution in [2.75, 3.05) is 25.1 Å². The molecular formula is C14H23N3O2. The van der Waals surface area contributed by atoms with Crippen LogP contribution in [0.3, 0.4) is 0 Å². The van der Waals surface area contributed by atoms with Gasteiger partial charge >= 0.3 is 5.97 Å². The lowest BCUT2D eigenvalue weighted by atomic mass is 10.1. The molecule has 0 spiro atoms. The number of rotatable bonds is 6. The molecule has 0 aliphatic carbocycles. The highest BCUT2D eigenvalue weighted by atomic mass is 16.5. The van der Waals surface area contributed by atoms with Crippen LogP contribution in [0, 0.1) is 11.8 Å². The number of methoxy groups -OCH3 is 1. The summed E-state index contributed by atoms with van der Waals surface area (Å²) in [5.74, 6) is 1.30. The molecule has 0 atom stereocenters. The normalized spacial score (nSPS) is 10.9. The molecule has 1 aromatic rings. The molecule has 5 heteroatoms. The van der Waals surface area contributed by atoms with Gasteiger partial charge in [-0.1, -0.05) is 27.7 Å². The summed E-state index contributed by atoms with van der Waals surface area (Å²) in [5, 5.41) is 0. The van der Waals surface area contributed by atoms with Crippen molar-refractivity contribution in [3.8, 4) is 0 Å². The van der Waals surface area contributed by atoms with E-state index in [-0.39, 0.29) is 5.69 Å². The SMILES string of the molecule is COC(=O)c1cncc(N(CC(C)C)CC(C)C)n1. The van der Waals surface area contributed by atoms with Gasteiger partial charge in [0.1, 0.15) is 5.82 Å². The van der Waals surface area contributed by atoms with E-state index >= 15 is 0 Å². The molecule has 0 saturated heterocycles. The lowest BCUT2D eigenvalue weighted by Crippen LogP contribution is -2.32. The Morgan fingerprint density at radius 3 is 2.26 bits per heavy atom. The molecule has 0 bridgehead atoms. The zero-order valence-corrected chi connectivity index (χ0v) is 12.4. The van der Waals surface area contributed by atoms with Crippen LogP contribution in [-0.2, 0) is 4.74 Å². The van der Waals surface area contributed by atoms with Crippen molar-refractivity contribution in [2.45, 2.75) is 27.7 Å². The standard InChI is InChI=1S/C14H23N3O2/c1-10(2)8-17(9-11(3)4)13-7-15-6-12(16-13)14(18)19-5/h6-7,10-11H,8-9H2,1-5H3. The molecule has 0 radical (unpaired) electrons. The molecule has 19 heavy (non-hydrogen) atoms. The first kappa shape index (κ1) is 15.4. The average Bonchev–Trinajstić information content (AvgIpc) is 2.36. The number of hydrogen-bond donors (Lipinski definition) is 0. The van der Waals surface area contributed by atoms with Crippen LogP contribution in [0.5, 0.6) is 0 Å². The van der Waals surface area contributed by atoms with Crippen molar-refractivity contribution in [3.63, 3.8) is 0 Å². The van der Waals surface area contributed by atoms with E-state index in [9.17, 15) is 4.79 Å². The van der Waals surface area contributed by atoms with Crippen molar-refractivity contribution < 1.29 is 9.53 Å². The molecule has 0 aromatic carbocycles. The summed E-state index contributed by atoms with van der Waals surface area (Å²) < 4.78 is 4.67. The Morgan fingerprint density at radius 1 is 1.21 bits per heavy atom. The number of hydrogen-bond acceptors (Lipinski definition) is 5. The maximum atomic E-state index is 11.5. The molecule has 5 nitrogen and oxygen atoms in total. The fraction of sp³-hybridized carbons (Fsp3) is 0.643. The monoisotopic (exact) mass is 265 g/mol. The Labute approximate surface area is 115 Å². The Bertz CT molecular complexity index is 409. The van der Waals surface area contributed by atoms with Gasteiger partial charge in [0.05, 0.1) is 19.5 Å². The Balaban J connectivity index is 2.97. The molecule has 1 heterocycles. The zero-order valence-electron chi connectivity index (χ0n) is 12.4. The van der Waals surface area contributed by atoms with Crippen LogP contribution >= 0.6 is 0 Å². The lowest BCUT2D eigenvalue weighted by Gasteiger charge is -2.27. The number of nitrogens with zero attached hydrogens (tertiary/aromatic N) is 3. The highest BCUT2D eigenvalue weighted by Gasteiger charge is 2.15. The van der Waals surface area contributed by atoms with Crippen LogP contribution in [0.1, 0.15) is 38.2 Å².